The molecule has 0 aliphatic carbocycles. The number of rotatable bonds is 1. The number of hydrogen-bond donors (Lipinski definition) is 2. The van der Waals surface area contributed by atoms with Crippen LogP contribution in [0.4, 0.5) is 0 Å². The maximum atomic E-state index is 11.4. The van der Waals surface area contributed by atoms with Crippen LogP contribution in [-0.2, 0) is 6.61 Å². The van der Waals surface area contributed by atoms with Gasteiger partial charge in [0, 0.05) is 15.8 Å². The van der Waals surface area contributed by atoms with Gasteiger partial charge in [0.15, 0.2) is 0 Å². The van der Waals surface area contributed by atoms with Crippen molar-refractivity contribution in [1.29, 1.82) is 0 Å². The smallest absolute Gasteiger partial charge is 0.256 e. The molecular weight excluding hydrogens is 186 g/mol. The lowest BCUT2D eigenvalue weighted by Gasteiger charge is -1.90. The molecule has 0 spiro atoms. The molecule has 0 amide bonds. The summed E-state index contributed by atoms with van der Waals surface area (Å²) in [5.41, 5.74) is 0.815. The van der Waals surface area contributed by atoms with Crippen molar-refractivity contribution in [1.82, 2.24) is 4.98 Å². The second-order valence-corrected chi connectivity index (χ2v) is 3.99. The van der Waals surface area contributed by atoms with Gasteiger partial charge in [0.25, 0.3) is 5.56 Å². The SMILES string of the molecule is Cc1c(CO)sc2cc[nH]c(=O)c12. The zero-order valence-corrected chi connectivity index (χ0v) is 7.94. The normalized spacial score (nSPS) is 10.9. The lowest BCUT2D eigenvalue weighted by atomic mass is 10.2. The molecule has 13 heavy (non-hydrogen) atoms. The Labute approximate surface area is 78.7 Å². The first-order valence-corrected chi connectivity index (χ1v) is 4.76. The van der Waals surface area contributed by atoms with Crippen molar-refractivity contribution in [3.05, 3.63) is 33.1 Å². The van der Waals surface area contributed by atoms with Crippen molar-refractivity contribution in [2.75, 3.05) is 0 Å². The number of fused-ring (bicyclic) bond motifs is 1. The molecule has 0 aliphatic heterocycles. The summed E-state index contributed by atoms with van der Waals surface area (Å²) in [6, 6.07) is 1.85. The van der Waals surface area contributed by atoms with E-state index in [4.69, 9.17) is 5.11 Å². The molecule has 0 bridgehead atoms. The van der Waals surface area contributed by atoms with E-state index in [2.05, 4.69) is 4.98 Å². The predicted molar refractivity (Wildman–Crippen MR) is 53.1 cm³/mol. The molecule has 2 aromatic rings. The van der Waals surface area contributed by atoms with E-state index in [1.807, 2.05) is 13.0 Å². The molecule has 0 saturated carbocycles. The number of aliphatic hydroxyl groups excluding tert-OH is 1. The van der Waals surface area contributed by atoms with Gasteiger partial charge >= 0.3 is 0 Å². The Morgan fingerprint density at radius 3 is 3.00 bits per heavy atom. The van der Waals surface area contributed by atoms with Gasteiger partial charge in [-0.15, -0.1) is 11.3 Å². The lowest BCUT2D eigenvalue weighted by Crippen LogP contribution is -2.03. The van der Waals surface area contributed by atoms with Crippen molar-refractivity contribution in [3.63, 3.8) is 0 Å². The minimum Gasteiger partial charge on any atom is -0.391 e. The maximum Gasteiger partial charge on any atom is 0.256 e. The largest absolute Gasteiger partial charge is 0.391 e. The molecule has 0 saturated heterocycles. The third-order valence-corrected chi connectivity index (χ3v) is 3.33. The highest BCUT2D eigenvalue weighted by Gasteiger charge is 2.09. The van der Waals surface area contributed by atoms with Crippen molar-refractivity contribution < 1.29 is 5.11 Å². The quantitative estimate of drug-likeness (QED) is 0.722. The Morgan fingerprint density at radius 1 is 1.62 bits per heavy atom. The van der Waals surface area contributed by atoms with Crippen LogP contribution in [0.3, 0.4) is 0 Å². The first kappa shape index (κ1) is 8.47. The van der Waals surface area contributed by atoms with Gasteiger partial charge in [0.05, 0.1) is 12.0 Å². The zero-order chi connectivity index (χ0) is 9.42. The molecule has 3 nitrogen and oxygen atoms in total. The topological polar surface area (TPSA) is 53.1 Å². The number of aromatic amines is 1. The molecule has 0 aromatic carbocycles. The predicted octanol–water partition coefficient (Wildman–Crippen LogP) is 1.39. The second-order valence-electron chi connectivity index (χ2n) is 2.85. The van der Waals surface area contributed by atoms with Gasteiger partial charge in [0.1, 0.15) is 0 Å². The highest BCUT2D eigenvalue weighted by Crippen LogP contribution is 2.27. The number of aromatic nitrogens is 1. The minimum absolute atomic E-state index is 0.00458. The summed E-state index contributed by atoms with van der Waals surface area (Å²) >= 11 is 1.47. The van der Waals surface area contributed by atoms with E-state index < -0.39 is 0 Å². The number of aliphatic hydroxyl groups is 1. The Kier molecular flexibility index (Phi) is 1.94. The van der Waals surface area contributed by atoms with Gasteiger partial charge in [-0.3, -0.25) is 4.79 Å². The monoisotopic (exact) mass is 195 g/mol. The summed E-state index contributed by atoms with van der Waals surface area (Å²) in [4.78, 5) is 14.9. The summed E-state index contributed by atoms with van der Waals surface area (Å²) in [5.74, 6) is 0. The summed E-state index contributed by atoms with van der Waals surface area (Å²) in [7, 11) is 0. The average molecular weight is 195 g/mol. The second kappa shape index (κ2) is 2.97. The maximum absolute atomic E-state index is 11.4. The van der Waals surface area contributed by atoms with Gasteiger partial charge in [-0.2, -0.15) is 0 Å². The molecule has 0 atom stereocenters. The van der Waals surface area contributed by atoms with Crippen LogP contribution in [0.1, 0.15) is 10.4 Å². The molecule has 2 N–H and O–H groups in total. The zero-order valence-electron chi connectivity index (χ0n) is 7.13. The van der Waals surface area contributed by atoms with Crippen LogP contribution in [0.5, 0.6) is 0 Å². The van der Waals surface area contributed by atoms with Gasteiger partial charge in [-0.1, -0.05) is 0 Å². The number of nitrogens with one attached hydrogen (secondary N) is 1. The van der Waals surface area contributed by atoms with Crippen LogP contribution in [0, 0.1) is 6.92 Å². The van der Waals surface area contributed by atoms with Crippen LogP contribution in [0.2, 0.25) is 0 Å². The standard InChI is InChI=1S/C9H9NO2S/c1-5-7(4-11)13-6-2-3-10-9(12)8(5)6/h2-3,11H,4H2,1H3,(H,10,12). The third kappa shape index (κ3) is 1.18. The molecule has 0 radical (unpaired) electrons. The summed E-state index contributed by atoms with van der Waals surface area (Å²) in [6.07, 6.45) is 1.63. The van der Waals surface area contributed by atoms with Crippen molar-refractivity contribution in [3.8, 4) is 0 Å². The Balaban J connectivity index is 2.93. The van der Waals surface area contributed by atoms with Crippen molar-refractivity contribution in [2.24, 2.45) is 0 Å². The molecule has 2 rings (SSSR count). The summed E-state index contributed by atoms with van der Waals surface area (Å²) < 4.78 is 0.935. The number of H-pyrrole nitrogens is 1. The Bertz CT molecular complexity index is 498. The van der Waals surface area contributed by atoms with E-state index in [0.29, 0.717) is 5.39 Å². The summed E-state index contributed by atoms with van der Waals surface area (Å²) in [6.45, 7) is 1.87. The minimum atomic E-state index is -0.0778. The van der Waals surface area contributed by atoms with Crippen molar-refractivity contribution in [2.45, 2.75) is 13.5 Å². The van der Waals surface area contributed by atoms with Crippen molar-refractivity contribution >= 4 is 21.4 Å². The van der Waals surface area contributed by atoms with Crippen LogP contribution in [0.15, 0.2) is 17.1 Å². The van der Waals surface area contributed by atoms with E-state index >= 15 is 0 Å². The van der Waals surface area contributed by atoms with E-state index in [9.17, 15) is 4.79 Å². The van der Waals surface area contributed by atoms with Crippen LogP contribution in [-0.4, -0.2) is 10.1 Å². The molecule has 4 heteroatoms. The van der Waals surface area contributed by atoms with Crippen LogP contribution in [0.25, 0.3) is 10.1 Å². The Hall–Kier alpha value is -1.13. The first-order chi connectivity index (χ1) is 6.24. The van der Waals surface area contributed by atoms with Gasteiger partial charge in [0.2, 0.25) is 0 Å². The highest BCUT2D eigenvalue weighted by atomic mass is 32.1. The summed E-state index contributed by atoms with van der Waals surface area (Å²) in [5, 5.41) is 9.71. The number of thiophene rings is 1. The fourth-order valence-corrected chi connectivity index (χ4v) is 2.47. The van der Waals surface area contributed by atoms with E-state index in [1.165, 1.54) is 11.3 Å². The molecule has 0 fully saturated rings. The van der Waals surface area contributed by atoms with Crippen LogP contribution < -0.4 is 5.56 Å². The number of pyridine rings is 1. The Morgan fingerprint density at radius 2 is 2.38 bits per heavy atom. The van der Waals surface area contributed by atoms with Crippen LogP contribution >= 0.6 is 11.3 Å². The molecule has 0 unspecified atom stereocenters. The molecular formula is C9H9NO2S. The lowest BCUT2D eigenvalue weighted by molar-refractivity contribution is 0.285. The third-order valence-electron chi connectivity index (χ3n) is 2.09. The molecule has 2 aromatic heterocycles. The average Bonchev–Trinajstić information content (AvgIpc) is 2.44. The number of aryl methyl sites for hydroxylation is 1. The van der Waals surface area contributed by atoms with E-state index in [0.717, 1.165) is 15.1 Å². The molecule has 68 valence electrons. The first-order valence-electron chi connectivity index (χ1n) is 3.94. The van der Waals surface area contributed by atoms with E-state index in [-0.39, 0.29) is 12.2 Å². The number of hydrogen-bond acceptors (Lipinski definition) is 3. The highest BCUT2D eigenvalue weighted by molar-refractivity contribution is 7.19. The fraction of sp³-hybridized carbons (Fsp3) is 0.222. The van der Waals surface area contributed by atoms with Gasteiger partial charge in [-0.05, 0) is 18.6 Å². The van der Waals surface area contributed by atoms with Gasteiger partial charge in [-0.25, -0.2) is 0 Å². The fourth-order valence-electron chi connectivity index (χ4n) is 1.40. The van der Waals surface area contributed by atoms with E-state index in [1.54, 1.807) is 6.20 Å². The molecule has 0 aliphatic rings. The van der Waals surface area contributed by atoms with Gasteiger partial charge < -0.3 is 10.1 Å². The molecule has 2 heterocycles.